The summed E-state index contributed by atoms with van der Waals surface area (Å²) in [5.74, 6) is -1.64. The number of nitrogens with one attached hydrogen (secondary N) is 1. The third-order valence-electron chi connectivity index (χ3n) is 3.77. The molecule has 0 saturated carbocycles. The molecule has 0 aliphatic rings. The molecule has 2 rings (SSSR count). The Morgan fingerprint density at radius 1 is 0.879 bits per heavy atom. The van der Waals surface area contributed by atoms with Crippen molar-refractivity contribution in [1.82, 2.24) is 0 Å². The number of hydrogen-bond donors (Lipinski definition) is 1. The van der Waals surface area contributed by atoms with Gasteiger partial charge in [-0.25, -0.2) is 14.3 Å². The van der Waals surface area contributed by atoms with Crippen LogP contribution in [0.5, 0.6) is 5.75 Å². The first-order chi connectivity index (χ1) is 15.2. The molecule has 0 bridgehead atoms. The molecule has 15 heteroatoms. The molecule has 0 fully saturated rings. The van der Waals surface area contributed by atoms with Gasteiger partial charge >= 0.3 is 20.2 Å². The van der Waals surface area contributed by atoms with E-state index in [0.29, 0.717) is 17.7 Å². The normalized spacial score (nSPS) is 12.5. The number of anilines is 1. The lowest BCUT2D eigenvalue weighted by Gasteiger charge is -2.18. The van der Waals surface area contributed by atoms with Gasteiger partial charge in [0, 0.05) is 5.69 Å². The van der Waals surface area contributed by atoms with Gasteiger partial charge in [0.25, 0.3) is 5.91 Å². The molecule has 0 radical (unpaired) electrons. The maximum absolute atomic E-state index is 13.1. The van der Waals surface area contributed by atoms with E-state index in [4.69, 9.17) is 4.52 Å². The first-order valence-corrected chi connectivity index (χ1v) is 10.1. The van der Waals surface area contributed by atoms with E-state index in [1.54, 1.807) is 0 Å². The molecule has 8 nitrogen and oxygen atoms in total. The van der Waals surface area contributed by atoms with Gasteiger partial charge in [-0.1, -0.05) is 11.6 Å². The van der Waals surface area contributed by atoms with Crippen molar-refractivity contribution in [3.63, 3.8) is 0 Å². The van der Waals surface area contributed by atoms with Crippen molar-refractivity contribution in [1.29, 1.82) is 0 Å². The van der Waals surface area contributed by atoms with Crippen molar-refractivity contribution in [2.75, 3.05) is 19.5 Å². The van der Waals surface area contributed by atoms with Crippen molar-refractivity contribution in [3.8, 4) is 5.75 Å². The maximum Gasteiger partial charge on any atom is 0.585 e. The molecule has 1 N–H and O–H groups in total. The predicted molar refractivity (Wildman–Crippen MR) is 100 cm³/mol. The van der Waals surface area contributed by atoms with Gasteiger partial charge in [0.05, 0.1) is 30.9 Å². The lowest BCUT2D eigenvalue weighted by Crippen LogP contribution is -2.17. The van der Waals surface area contributed by atoms with Gasteiger partial charge in [-0.2, -0.15) is 26.3 Å². The van der Waals surface area contributed by atoms with Crippen LogP contribution in [0.4, 0.5) is 32.0 Å². The molecule has 33 heavy (non-hydrogen) atoms. The number of aryl methyl sites for hydroxylation is 1. The summed E-state index contributed by atoms with van der Waals surface area (Å²) < 4.78 is 105. The van der Waals surface area contributed by atoms with Gasteiger partial charge < -0.3 is 9.84 Å². The summed E-state index contributed by atoms with van der Waals surface area (Å²) in [6, 6.07) is 4.29. The Bertz CT molecular complexity index is 1020. The van der Waals surface area contributed by atoms with Crippen LogP contribution in [-0.2, 0) is 36.0 Å². The van der Waals surface area contributed by atoms with E-state index in [1.807, 2.05) is 5.32 Å². The second-order valence-corrected chi connectivity index (χ2v) is 7.64. The van der Waals surface area contributed by atoms with Gasteiger partial charge in [0.2, 0.25) is 0 Å². The van der Waals surface area contributed by atoms with Crippen molar-refractivity contribution in [3.05, 3.63) is 58.7 Å². The number of benzene rings is 2. The molecular weight excluding hydrogens is 487 g/mol. The third kappa shape index (κ3) is 7.17. The number of rotatable bonds is 8. The zero-order chi connectivity index (χ0) is 25.0. The molecule has 0 aliphatic carbocycles. The Labute approximate surface area is 182 Å². The van der Waals surface area contributed by atoms with E-state index in [0.717, 1.165) is 20.3 Å². The molecule has 0 heterocycles. The number of carbonyl (C=O) groups is 1. The molecule has 0 aromatic heterocycles. The summed E-state index contributed by atoms with van der Waals surface area (Å²) in [6.07, 6.45) is -10.2. The van der Waals surface area contributed by atoms with Crippen molar-refractivity contribution >= 4 is 19.4 Å². The summed E-state index contributed by atoms with van der Waals surface area (Å²) in [5.41, 5.74) is -4.01. The van der Waals surface area contributed by atoms with Crippen LogP contribution < -0.4 is 9.84 Å². The lowest BCUT2D eigenvalue weighted by molar-refractivity contribution is -0.253. The monoisotopic (exact) mass is 503 g/mol. The minimum absolute atomic E-state index is 0.0860. The van der Waals surface area contributed by atoms with E-state index < -0.39 is 54.2 Å². The van der Waals surface area contributed by atoms with Gasteiger partial charge in [0.15, 0.2) is 0 Å². The molecular formula is C18H16F6NO7P. The van der Waals surface area contributed by atoms with Crippen molar-refractivity contribution in [2.24, 2.45) is 0 Å². The molecule has 0 saturated heterocycles. The summed E-state index contributed by atoms with van der Waals surface area (Å²) in [4.78, 5) is 21.2. The highest BCUT2D eigenvalue weighted by Gasteiger charge is 2.37. The standard InChI is InChI=1S/C18H16F6NO7P/c1-10-4-5-15(30-33(27,31-28-2)32-29-3)14(6-10)16(26)25-13-8-11(17(19,20)21)7-12(9-13)18(22,23)24/h4-9H,1-3H3,(H,25,26). The number of hydrogen-bond acceptors (Lipinski definition) is 7. The zero-order valence-electron chi connectivity index (χ0n) is 17.0. The van der Waals surface area contributed by atoms with Crippen molar-refractivity contribution in [2.45, 2.75) is 19.3 Å². The Balaban J connectivity index is 2.47. The van der Waals surface area contributed by atoms with Crippen LogP contribution in [0, 0.1) is 6.92 Å². The van der Waals surface area contributed by atoms with Gasteiger partial charge in [-0.3, -0.25) is 4.79 Å². The van der Waals surface area contributed by atoms with E-state index in [1.165, 1.54) is 19.1 Å². The number of alkyl halides is 6. The van der Waals surface area contributed by atoms with E-state index >= 15 is 0 Å². The Morgan fingerprint density at radius 2 is 1.39 bits per heavy atom. The molecule has 1 amide bonds. The summed E-state index contributed by atoms with van der Waals surface area (Å²) in [7, 11) is -2.66. The summed E-state index contributed by atoms with van der Waals surface area (Å²) in [5, 5.41) is 1.95. The molecule has 0 atom stereocenters. The molecule has 0 spiro atoms. The molecule has 2 aromatic carbocycles. The third-order valence-corrected chi connectivity index (χ3v) is 4.85. The SMILES string of the molecule is COOP(=O)(OOC)Oc1ccc(C)cc1C(=O)Nc1cc(C(F)(F)F)cc(C(F)(F)F)c1. The highest BCUT2D eigenvalue weighted by molar-refractivity contribution is 7.48. The van der Waals surface area contributed by atoms with Crippen LogP contribution in [0.1, 0.15) is 27.0 Å². The van der Waals surface area contributed by atoms with Gasteiger partial charge in [0.1, 0.15) is 5.75 Å². The van der Waals surface area contributed by atoms with E-state index in [9.17, 15) is 35.7 Å². The first-order valence-electron chi connectivity index (χ1n) is 8.64. The Kier molecular flexibility index (Phi) is 8.14. The fraction of sp³-hybridized carbons (Fsp3) is 0.278. The number of halogens is 6. The van der Waals surface area contributed by atoms with Gasteiger partial charge in [-0.15, -0.1) is 9.35 Å². The van der Waals surface area contributed by atoms with Crippen molar-refractivity contribution < 1.29 is 59.3 Å². The molecule has 0 aliphatic heterocycles. The summed E-state index contributed by atoms with van der Waals surface area (Å²) in [6.45, 7) is 1.53. The topological polar surface area (TPSA) is 92.3 Å². The first kappa shape index (κ1) is 26.6. The Morgan fingerprint density at radius 3 is 1.85 bits per heavy atom. The van der Waals surface area contributed by atoms with E-state index in [-0.39, 0.29) is 6.07 Å². The minimum Gasteiger partial charge on any atom is -0.400 e. The fourth-order valence-corrected chi connectivity index (χ4v) is 3.32. The molecule has 2 aromatic rings. The average molecular weight is 503 g/mol. The van der Waals surface area contributed by atoms with Gasteiger partial charge in [-0.05, 0) is 37.3 Å². The van der Waals surface area contributed by atoms with E-state index in [2.05, 4.69) is 19.1 Å². The second kappa shape index (κ2) is 10.1. The minimum atomic E-state index is -5.11. The van der Waals surface area contributed by atoms with Crippen LogP contribution in [0.15, 0.2) is 36.4 Å². The highest BCUT2D eigenvalue weighted by atomic mass is 31.2. The van der Waals surface area contributed by atoms with Crippen LogP contribution in [0.3, 0.4) is 0 Å². The molecule has 0 unspecified atom stereocenters. The maximum atomic E-state index is 13.1. The average Bonchev–Trinajstić information content (AvgIpc) is 2.68. The van der Waals surface area contributed by atoms with Crippen LogP contribution in [-0.4, -0.2) is 20.1 Å². The zero-order valence-corrected chi connectivity index (χ0v) is 17.9. The smallest absolute Gasteiger partial charge is 0.400 e. The second-order valence-electron chi connectivity index (χ2n) is 6.27. The highest BCUT2D eigenvalue weighted by Crippen LogP contribution is 2.50. The van der Waals surface area contributed by atoms with Crippen LogP contribution in [0.2, 0.25) is 0 Å². The fourth-order valence-electron chi connectivity index (χ4n) is 2.47. The quantitative estimate of drug-likeness (QED) is 0.207. The lowest BCUT2D eigenvalue weighted by atomic mass is 10.1. The largest absolute Gasteiger partial charge is 0.585 e. The summed E-state index contributed by atoms with van der Waals surface area (Å²) >= 11 is 0. The predicted octanol–water partition coefficient (Wildman–Crippen LogP) is 5.93. The van der Waals surface area contributed by atoms with Crippen LogP contribution in [0.25, 0.3) is 0 Å². The Hall–Kier alpha value is -2.64. The number of phosphoric acid groups is 1. The number of carbonyl (C=O) groups excluding carboxylic acids is 1. The number of amides is 1. The molecule has 182 valence electrons. The van der Waals surface area contributed by atoms with Crippen LogP contribution >= 0.6 is 7.82 Å².